The summed E-state index contributed by atoms with van der Waals surface area (Å²) in [5.41, 5.74) is 0.623. The molecule has 2 heterocycles. The van der Waals surface area contributed by atoms with Crippen LogP contribution in [-0.2, 0) is 21.6 Å². The first-order valence-corrected chi connectivity index (χ1v) is 12.1. The summed E-state index contributed by atoms with van der Waals surface area (Å²) in [6.45, 7) is 1.01. The van der Waals surface area contributed by atoms with Gasteiger partial charge in [0, 0.05) is 35.5 Å². The molecule has 3 N–H and O–H groups in total. The van der Waals surface area contributed by atoms with Gasteiger partial charge in [0.05, 0.1) is 5.69 Å². The van der Waals surface area contributed by atoms with E-state index in [0.717, 1.165) is 22.6 Å². The highest BCUT2D eigenvalue weighted by atomic mass is 35.5. The fourth-order valence-corrected chi connectivity index (χ4v) is 4.90. The molecule has 2 aliphatic rings. The molecule has 3 aromatic rings. The number of hydrogen-bond acceptors (Lipinski definition) is 6. The van der Waals surface area contributed by atoms with E-state index in [-0.39, 0.29) is 12.0 Å². The number of aromatic hydroxyl groups is 1. The number of carbonyl (C=O) groups is 3. The number of amides is 3. The van der Waals surface area contributed by atoms with Crippen molar-refractivity contribution in [3.63, 3.8) is 0 Å². The number of imide groups is 1. The zero-order valence-corrected chi connectivity index (χ0v) is 20.3. The fourth-order valence-electron chi connectivity index (χ4n) is 4.72. The van der Waals surface area contributed by atoms with E-state index in [4.69, 9.17) is 16.3 Å². The molecule has 0 aliphatic carbocycles. The van der Waals surface area contributed by atoms with Crippen molar-refractivity contribution in [1.29, 1.82) is 0 Å². The normalized spacial score (nSPS) is 19.3. The number of anilines is 1. The average molecular weight is 524 g/mol. The summed E-state index contributed by atoms with van der Waals surface area (Å²) >= 11 is 6.26. The lowest BCUT2D eigenvalue weighted by molar-refractivity contribution is -0.120. The zero-order valence-electron chi connectivity index (χ0n) is 19.5. The Morgan fingerprint density at radius 3 is 2.65 bits per heavy atom. The van der Waals surface area contributed by atoms with Gasteiger partial charge < -0.3 is 20.5 Å². The van der Waals surface area contributed by atoms with Crippen molar-refractivity contribution in [2.24, 2.45) is 0 Å². The van der Waals surface area contributed by atoms with Crippen molar-refractivity contribution in [2.45, 2.75) is 24.5 Å². The highest BCUT2D eigenvalue weighted by Crippen LogP contribution is 2.44. The molecular weight excluding hydrogens is 501 g/mol. The molecule has 1 saturated heterocycles. The first-order valence-electron chi connectivity index (χ1n) is 11.7. The molecule has 0 aromatic heterocycles. The topological polar surface area (TPSA) is 108 Å². The Bertz CT molecular complexity index is 1380. The summed E-state index contributed by atoms with van der Waals surface area (Å²) in [6.07, 6.45) is -0.276. The van der Waals surface area contributed by atoms with Crippen LogP contribution in [0.2, 0.25) is 5.02 Å². The molecule has 1 fully saturated rings. The molecule has 5 rings (SSSR count). The maximum absolute atomic E-state index is 13.9. The number of nitrogens with one attached hydrogen (secondary N) is 2. The van der Waals surface area contributed by atoms with E-state index >= 15 is 0 Å². The third kappa shape index (κ3) is 4.75. The van der Waals surface area contributed by atoms with E-state index in [9.17, 15) is 23.9 Å². The molecule has 2 atom stereocenters. The number of rotatable bonds is 5. The van der Waals surface area contributed by atoms with E-state index < -0.39 is 41.1 Å². The van der Waals surface area contributed by atoms with E-state index in [1.54, 1.807) is 42.5 Å². The molecule has 190 valence electrons. The van der Waals surface area contributed by atoms with Gasteiger partial charge >= 0.3 is 6.09 Å². The number of fused-ring (bicyclic) bond motifs is 2. The lowest BCUT2D eigenvalue weighted by atomic mass is 9.89. The maximum Gasteiger partial charge on any atom is 0.422 e. The van der Waals surface area contributed by atoms with Crippen LogP contribution in [0.3, 0.4) is 0 Å². The maximum atomic E-state index is 13.9. The minimum Gasteiger partial charge on any atom is -0.505 e. The predicted molar refractivity (Wildman–Crippen MR) is 134 cm³/mol. The van der Waals surface area contributed by atoms with Gasteiger partial charge in [-0.1, -0.05) is 41.9 Å². The van der Waals surface area contributed by atoms with Crippen molar-refractivity contribution >= 4 is 35.2 Å². The van der Waals surface area contributed by atoms with Crippen LogP contribution in [0.4, 0.5) is 14.9 Å². The SMILES string of the molecule is O=C(NC(Cc1ccccc1)C(=O)N1C(=O)OC2(CCNC2)c2cc(Cl)ccc21)c1ccc(O)c(F)c1. The quantitative estimate of drug-likeness (QED) is 0.468. The number of phenols is 1. The predicted octanol–water partition coefficient (Wildman–Crippen LogP) is 3.90. The van der Waals surface area contributed by atoms with Crippen LogP contribution in [-0.4, -0.2) is 42.1 Å². The minimum absolute atomic E-state index is 0.0609. The molecule has 1 spiro atoms. The van der Waals surface area contributed by atoms with Gasteiger partial charge in [-0.05, 0) is 48.5 Å². The smallest absolute Gasteiger partial charge is 0.422 e. The number of benzene rings is 3. The number of nitrogens with zero attached hydrogens (tertiary/aromatic N) is 1. The Balaban J connectivity index is 1.51. The Morgan fingerprint density at radius 2 is 1.95 bits per heavy atom. The minimum atomic E-state index is -1.20. The van der Waals surface area contributed by atoms with Gasteiger partial charge in [0.25, 0.3) is 11.8 Å². The van der Waals surface area contributed by atoms with E-state index in [0.29, 0.717) is 35.8 Å². The largest absolute Gasteiger partial charge is 0.505 e. The second-order valence-corrected chi connectivity index (χ2v) is 9.44. The molecule has 0 radical (unpaired) electrons. The third-order valence-electron chi connectivity index (χ3n) is 6.59. The van der Waals surface area contributed by atoms with Crippen molar-refractivity contribution in [3.8, 4) is 5.75 Å². The summed E-state index contributed by atoms with van der Waals surface area (Å²) in [7, 11) is 0. The van der Waals surface area contributed by atoms with Gasteiger partial charge in [0.15, 0.2) is 17.2 Å². The van der Waals surface area contributed by atoms with Gasteiger partial charge in [0.1, 0.15) is 6.04 Å². The first kappa shape index (κ1) is 24.7. The molecule has 37 heavy (non-hydrogen) atoms. The summed E-state index contributed by atoms with van der Waals surface area (Å²) < 4.78 is 19.7. The average Bonchev–Trinajstić information content (AvgIpc) is 3.35. The van der Waals surface area contributed by atoms with Gasteiger partial charge in [-0.2, -0.15) is 0 Å². The number of hydrogen-bond donors (Lipinski definition) is 3. The van der Waals surface area contributed by atoms with Crippen LogP contribution in [0, 0.1) is 5.82 Å². The number of carbonyl (C=O) groups excluding carboxylic acids is 3. The second kappa shape index (κ2) is 9.84. The number of ether oxygens (including phenoxy) is 1. The Morgan fingerprint density at radius 1 is 1.16 bits per heavy atom. The molecule has 2 unspecified atom stereocenters. The Hall–Kier alpha value is -3.95. The van der Waals surface area contributed by atoms with Crippen molar-refractivity contribution in [1.82, 2.24) is 10.6 Å². The first-order chi connectivity index (χ1) is 17.8. The number of halogens is 2. The summed E-state index contributed by atoms with van der Waals surface area (Å²) in [6, 6.07) is 15.8. The fraction of sp³-hybridized carbons (Fsp3) is 0.222. The van der Waals surface area contributed by atoms with E-state index in [2.05, 4.69) is 10.6 Å². The van der Waals surface area contributed by atoms with E-state index in [1.165, 1.54) is 6.07 Å². The molecule has 2 aliphatic heterocycles. The Labute approximate surface area is 217 Å². The van der Waals surface area contributed by atoms with Gasteiger partial charge in [-0.15, -0.1) is 0 Å². The molecule has 0 saturated carbocycles. The van der Waals surface area contributed by atoms with Crippen molar-refractivity contribution < 1.29 is 28.6 Å². The monoisotopic (exact) mass is 523 g/mol. The van der Waals surface area contributed by atoms with Crippen molar-refractivity contribution in [3.05, 3.63) is 94.3 Å². The third-order valence-corrected chi connectivity index (χ3v) is 6.82. The van der Waals surface area contributed by atoms with Gasteiger partial charge in [0.2, 0.25) is 0 Å². The van der Waals surface area contributed by atoms with Gasteiger partial charge in [-0.3, -0.25) is 9.59 Å². The summed E-state index contributed by atoms with van der Waals surface area (Å²) in [5.74, 6) is -3.04. The molecule has 3 amide bonds. The second-order valence-electron chi connectivity index (χ2n) is 9.01. The van der Waals surface area contributed by atoms with Gasteiger partial charge in [-0.25, -0.2) is 14.1 Å². The van der Waals surface area contributed by atoms with Crippen molar-refractivity contribution in [2.75, 3.05) is 18.0 Å². The lowest BCUT2D eigenvalue weighted by Gasteiger charge is -2.40. The highest BCUT2D eigenvalue weighted by molar-refractivity contribution is 6.31. The lowest BCUT2D eigenvalue weighted by Crippen LogP contribution is -2.56. The van der Waals surface area contributed by atoms with Crippen LogP contribution in [0.1, 0.15) is 27.9 Å². The van der Waals surface area contributed by atoms with Crippen LogP contribution in [0.5, 0.6) is 5.75 Å². The number of phenolic OH excluding ortho intramolecular Hbond substituents is 1. The zero-order chi connectivity index (χ0) is 26.2. The van der Waals surface area contributed by atoms with Crippen LogP contribution in [0.15, 0.2) is 66.7 Å². The molecular formula is C27H23ClFN3O5. The Kier molecular flexibility index (Phi) is 6.57. The van der Waals surface area contributed by atoms with Crippen LogP contribution < -0.4 is 15.5 Å². The molecule has 0 bridgehead atoms. The summed E-state index contributed by atoms with van der Waals surface area (Å²) in [4.78, 5) is 41.1. The van der Waals surface area contributed by atoms with Crippen LogP contribution in [0.25, 0.3) is 0 Å². The van der Waals surface area contributed by atoms with Crippen LogP contribution >= 0.6 is 11.6 Å². The summed E-state index contributed by atoms with van der Waals surface area (Å²) in [5, 5.41) is 15.7. The highest BCUT2D eigenvalue weighted by Gasteiger charge is 2.49. The molecule has 10 heteroatoms. The standard InChI is InChI=1S/C27H23ClFN3O5/c28-18-7-8-22-19(14-18)27(10-11-30-15-27)37-26(36)32(22)25(35)21(12-16-4-2-1-3-5-16)31-24(34)17-6-9-23(33)20(29)13-17/h1-9,13-14,21,30,33H,10-12,15H2,(H,31,34). The molecule has 3 aromatic carbocycles. The molecule has 8 nitrogen and oxygen atoms in total. The van der Waals surface area contributed by atoms with E-state index in [1.807, 2.05) is 6.07 Å².